The van der Waals surface area contributed by atoms with Gasteiger partial charge in [-0.15, -0.1) is 0 Å². The average molecular weight is 438 g/mol. The molecular weight excluding hydrogens is 418 g/mol. The zero-order chi connectivity index (χ0) is 21.8. The van der Waals surface area contributed by atoms with Crippen LogP contribution in [0, 0.1) is 0 Å². The first kappa shape index (κ1) is 20.6. The molecule has 0 aliphatic heterocycles. The maximum absolute atomic E-state index is 12.3. The summed E-state index contributed by atoms with van der Waals surface area (Å²) in [7, 11) is 3.25. The van der Waals surface area contributed by atoms with E-state index in [0.717, 1.165) is 33.5 Å². The molecule has 0 spiro atoms. The third-order valence-electron chi connectivity index (χ3n) is 4.72. The number of aromatic nitrogens is 2. The van der Waals surface area contributed by atoms with E-state index in [-0.39, 0.29) is 12.5 Å². The number of benzene rings is 3. The van der Waals surface area contributed by atoms with Crippen LogP contribution in [-0.4, -0.2) is 36.9 Å². The topological polar surface area (TPSA) is 85.5 Å². The molecule has 0 radical (unpaired) electrons. The van der Waals surface area contributed by atoms with Crippen molar-refractivity contribution in [3.63, 3.8) is 0 Å². The fourth-order valence-corrected chi connectivity index (χ4v) is 3.30. The van der Waals surface area contributed by atoms with Gasteiger partial charge >= 0.3 is 0 Å². The van der Waals surface area contributed by atoms with Gasteiger partial charge in [0.15, 0.2) is 12.4 Å². The van der Waals surface area contributed by atoms with Crippen molar-refractivity contribution in [3.8, 4) is 28.4 Å². The summed E-state index contributed by atoms with van der Waals surface area (Å²) in [4.78, 5) is 12.3. The summed E-state index contributed by atoms with van der Waals surface area (Å²) in [5.74, 6) is 2.13. The number of halogens is 1. The number of ether oxygens (including phenoxy) is 3. The average Bonchev–Trinajstić information content (AvgIpc) is 3.20. The van der Waals surface area contributed by atoms with E-state index in [1.807, 2.05) is 36.4 Å². The maximum atomic E-state index is 12.3. The van der Waals surface area contributed by atoms with Crippen LogP contribution >= 0.6 is 11.6 Å². The molecule has 0 aliphatic carbocycles. The molecule has 0 fully saturated rings. The van der Waals surface area contributed by atoms with E-state index in [0.29, 0.717) is 16.6 Å². The highest BCUT2D eigenvalue weighted by atomic mass is 35.5. The molecule has 0 saturated heterocycles. The van der Waals surface area contributed by atoms with Crippen LogP contribution in [0.5, 0.6) is 17.2 Å². The number of anilines is 1. The van der Waals surface area contributed by atoms with Gasteiger partial charge in [-0.2, -0.15) is 5.10 Å². The summed E-state index contributed by atoms with van der Waals surface area (Å²) in [6.45, 7) is -0.144. The molecule has 8 heteroatoms. The fourth-order valence-electron chi connectivity index (χ4n) is 3.17. The highest BCUT2D eigenvalue weighted by Crippen LogP contribution is 2.35. The van der Waals surface area contributed by atoms with Crippen molar-refractivity contribution in [2.75, 3.05) is 26.1 Å². The first-order valence-corrected chi connectivity index (χ1v) is 9.84. The fraction of sp³-hybridized carbons (Fsp3) is 0.130. The van der Waals surface area contributed by atoms with Crippen molar-refractivity contribution in [1.29, 1.82) is 0 Å². The number of nitrogens with one attached hydrogen (secondary N) is 2. The van der Waals surface area contributed by atoms with Gasteiger partial charge in [0.05, 0.1) is 19.7 Å². The Labute approximate surface area is 183 Å². The molecule has 158 valence electrons. The Morgan fingerprint density at radius 1 is 1.00 bits per heavy atom. The number of nitrogens with zero attached hydrogens (tertiary/aromatic N) is 1. The molecular formula is C23H20ClN3O4. The Hall–Kier alpha value is -3.71. The molecule has 1 amide bonds. The summed E-state index contributed by atoms with van der Waals surface area (Å²) in [6, 6.07) is 18.2. The summed E-state index contributed by atoms with van der Waals surface area (Å²) in [6.07, 6.45) is 0. The molecule has 1 aromatic heterocycles. The van der Waals surface area contributed by atoms with Gasteiger partial charge in [0.1, 0.15) is 17.2 Å². The van der Waals surface area contributed by atoms with Crippen LogP contribution in [0.1, 0.15) is 0 Å². The van der Waals surface area contributed by atoms with Crippen molar-refractivity contribution in [1.82, 2.24) is 10.2 Å². The summed E-state index contributed by atoms with van der Waals surface area (Å²) >= 11 is 5.85. The molecule has 0 unspecified atom stereocenters. The monoisotopic (exact) mass is 437 g/mol. The van der Waals surface area contributed by atoms with Gasteiger partial charge < -0.3 is 19.5 Å². The summed E-state index contributed by atoms with van der Waals surface area (Å²) in [5, 5.41) is 11.3. The molecule has 0 atom stereocenters. The number of hydrogen-bond acceptors (Lipinski definition) is 5. The second-order valence-corrected chi connectivity index (χ2v) is 7.13. The second kappa shape index (κ2) is 8.97. The van der Waals surface area contributed by atoms with E-state index in [2.05, 4.69) is 15.5 Å². The largest absolute Gasteiger partial charge is 0.497 e. The molecule has 4 aromatic rings. The van der Waals surface area contributed by atoms with E-state index in [1.165, 1.54) is 0 Å². The van der Waals surface area contributed by atoms with E-state index < -0.39 is 0 Å². The van der Waals surface area contributed by atoms with Crippen molar-refractivity contribution in [3.05, 3.63) is 65.7 Å². The third kappa shape index (κ3) is 4.57. The van der Waals surface area contributed by atoms with E-state index in [1.54, 1.807) is 38.5 Å². The zero-order valence-electron chi connectivity index (χ0n) is 16.9. The Bertz CT molecular complexity index is 1220. The molecule has 4 rings (SSSR count). The second-order valence-electron chi connectivity index (χ2n) is 6.69. The number of carbonyl (C=O) groups is 1. The lowest BCUT2D eigenvalue weighted by atomic mass is 10.0. The number of amides is 1. The van der Waals surface area contributed by atoms with Gasteiger partial charge in [-0.25, -0.2) is 0 Å². The third-order valence-corrected chi connectivity index (χ3v) is 4.97. The van der Waals surface area contributed by atoms with Crippen LogP contribution in [-0.2, 0) is 4.79 Å². The number of carbonyl (C=O) groups excluding carboxylic acids is 1. The molecule has 3 aromatic carbocycles. The Balaban J connectivity index is 1.51. The van der Waals surface area contributed by atoms with Gasteiger partial charge in [0.2, 0.25) is 0 Å². The predicted octanol–water partition coefficient (Wildman–Crippen LogP) is 4.92. The lowest BCUT2D eigenvalue weighted by molar-refractivity contribution is -0.118. The molecule has 1 heterocycles. The van der Waals surface area contributed by atoms with E-state index >= 15 is 0 Å². The number of hydrogen-bond donors (Lipinski definition) is 2. The minimum Gasteiger partial charge on any atom is -0.497 e. The van der Waals surface area contributed by atoms with Gasteiger partial charge in [0.25, 0.3) is 5.91 Å². The van der Waals surface area contributed by atoms with Crippen LogP contribution in [0.15, 0.2) is 60.7 Å². The van der Waals surface area contributed by atoms with Crippen LogP contribution in [0.2, 0.25) is 5.02 Å². The molecule has 0 aliphatic rings. The van der Waals surface area contributed by atoms with E-state index in [4.69, 9.17) is 25.8 Å². The quantitative estimate of drug-likeness (QED) is 0.428. The van der Waals surface area contributed by atoms with Gasteiger partial charge in [0, 0.05) is 16.0 Å². The van der Waals surface area contributed by atoms with Gasteiger partial charge in [-0.3, -0.25) is 9.89 Å². The molecule has 7 nitrogen and oxygen atoms in total. The number of aromatic amines is 1. The molecule has 0 bridgehead atoms. The van der Waals surface area contributed by atoms with Crippen molar-refractivity contribution < 1.29 is 19.0 Å². The number of methoxy groups -OCH3 is 2. The molecule has 31 heavy (non-hydrogen) atoms. The highest BCUT2D eigenvalue weighted by Gasteiger charge is 2.13. The summed E-state index contributed by atoms with van der Waals surface area (Å²) < 4.78 is 16.3. The van der Waals surface area contributed by atoms with Crippen LogP contribution in [0.3, 0.4) is 0 Å². The standard InChI is InChI=1S/C23H20ClN3O4/c1-29-17-8-10-21(30-2)19(12-17)14-3-9-18-20(11-14)26-27-23(18)25-22(28)13-31-16-6-4-15(24)5-7-16/h3-12H,13H2,1-2H3,(H2,25,26,27,28). The minimum atomic E-state index is -0.318. The van der Waals surface area contributed by atoms with Crippen LogP contribution in [0.25, 0.3) is 22.0 Å². The van der Waals surface area contributed by atoms with Crippen molar-refractivity contribution >= 4 is 34.2 Å². The first-order chi connectivity index (χ1) is 15.1. The van der Waals surface area contributed by atoms with Crippen molar-refractivity contribution in [2.45, 2.75) is 0 Å². The number of rotatable bonds is 7. The Morgan fingerprint density at radius 2 is 1.77 bits per heavy atom. The lowest BCUT2D eigenvalue weighted by Crippen LogP contribution is -2.20. The van der Waals surface area contributed by atoms with Gasteiger partial charge in [-0.1, -0.05) is 17.7 Å². The Kier molecular flexibility index (Phi) is 5.95. The molecule has 0 saturated carbocycles. The van der Waals surface area contributed by atoms with Crippen molar-refractivity contribution in [2.24, 2.45) is 0 Å². The maximum Gasteiger partial charge on any atom is 0.263 e. The molecule has 2 N–H and O–H groups in total. The lowest BCUT2D eigenvalue weighted by Gasteiger charge is -2.11. The normalized spacial score (nSPS) is 10.7. The first-order valence-electron chi connectivity index (χ1n) is 9.46. The Morgan fingerprint density at radius 3 is 2.52 bits per heavy atom. The van der Waals surface area contributed by atoms with E-state index in [9.17, 15) is 4.79 Å². The number of fused-ring (bicyclic) bond motifs is 1. The number of H-pyrrole nitrogens is 1. The minimum absolute atomic E-state index is 0.144. The summed E-state index contributed by atoms with van der Waals surface area (Å²) in [5.41, 5.74) is 2.59. The van der Waals surface area contributed by atoms with Gasteiger partial charge in [-0.05, 0) is 60.2 Å². The SMILES string of the molecule is COc1ccc(OC)c(-c2ccc3c(NC(=O)COc4ccc(Cl)cc4)n[nH]c3c2)c1. The predicted molar refractivity (Wildman–Crippen MR) is 120 cm³/mol. The highest BCUT2D eigenvalue weighted by molar-refractivity contribution is 6.30. The smallest absolute Gasteiger partial charge is 0.263 e. The van der Waals surface area contributed by atoms with Crippen LogP contribution < -0.4 is 19.5 Å². The van der Waals surface area contributed by atoms with Crippen LogP contribution in [0.4, 0.5) is 5.82 Å². The zero-order valence-corrected chi connectivity index (χ0v) is 17.7.